The lowest BCUT2D eigenvalue weighted by Crippen LogP contribution is -2.02. The van der Waals surface area contributed by atoms with Crippen LogP contribution in [0.1, 0.15) is 11.1 Å². The standard InChI is InChI=1S/C15H14BrClFNO2/c1-20-14-6-10(7-19)5-12(17)15(14)21-8-9-2-3-13(18)11(16)4-9/h2-6H,7-8,19H2,1H3. The van der Waals surface area contributed by atoms with Crippen molar-refractivity contribution in [2.75, 3.05) is 7.11 Å². The van der Waals surface area contributed by atoms with Gasteiger partial charge in [0.05, 0.1) is 16.6 Å². The molecule has 0 aliphatic heterocycles. The van der Waals surface area contributed by atoms with Crippen molar-refractivity contribution in [2.24, 2.45) is 5.73 Å². The highest BCUT2D eigenvalue weighted by Crippen LogP contribution is 2.37. The first-order valence-corrected chi connectivity index (χ1v) is 7.35. The number of hydrogen-bond donors (Lipinski definition) is 1. The Kier molecular flexibility index (Phi) is 5.45. The second-order valence-corrected chi connectivity index (χ2v) is 5.61. The fraction of sp³-hybridized carbons (Fsp3) is 0.200. The van der Waals surface area contributed by atoms with E-state index in [0.29, 0.717) is 27.5 Å². The molecule has 0 heterocycles. The van der Waals surface area contributed by atoms with Gasteiger partial charge in [0.1, 0.15) is 12.4 Å². The fourth-order valence-corrected chi connectivity index (χ4v) is 2.53. The molecule has 0 amide bonds. The second kappa shape index (κ2) is 7.11. The van der Waals surface area contributed by atoms with E-state index in [9.17, 15) is 4.39 Å². The summed E-state index contributed by atoms with van der Waals surface area (Å²) in [4.78, 5) is 0. The van der Waals surface area contributed by atoms with Crippen LogP contribution in [0.25, 0.3) is 0 Å². The number of benzene rings is 2. The third kappa shape index (κ3) is 3.87. The van der Waals surface area contributed by atoms with E-state index < -0.39 is 0 Å². The number of nitrogens with two attached hydrogens (primary N) is 1. The van der Waals surface area contributed by atoms with Crippen LogP contribution in [0.5, 0.6) is 11.5 Å². The number of hydrogen-bond acceptors (Lipinski definition) is 3. The summed E-state index contributed by atoms with van der Waals surface area (Å²) in [6.07, 6.45) is 0. The molecule has 0 aliphatic carbocycles. The van der Waals surface area contributed by atoms with Gasteiger partial charge >= 0.3 is 0 Å². The van der Waals surface area contributed by atoms with Crippen molar-refractivity contribution in [3.63, 3.8) is 0 Å². The minimum atomic E-state index is -0.318. The zero-order valence-electron chi connectivity index (χ0n) is 11.3. The van der Waals surface area contributed by atoms with Crippen molar-refractivity contribution in [3.8, 4) is 11.5 Å². The Morgan fingerprint density at radius 3 is 2.62 bits per heavy atom. The van der Waals surface area contributed by atoms with Gasteiger partial charge in [-0.2, -0.15) is 0 Å². The van der Waals surface area contributed by atoms with Crippen LogP contribution in [0.3, 0.4) is 0 Å². The van der Waals surface area contributed by atoms with Gasteiger partial charge in [-0.1, -0.05) is 17.7 Å². The molecule has 0 radical (unpaired) electrons. The molecule has 2 aromatic rings. The largest absolute Gasteiger partial charge is 0.493 e. The molecule has 0 aromatic heterocycles. The molecule has 2 aromatic carbocycles. The van der Waals surface area contributed by atoms with Crippen LogP contribution in [0.2, 0.25) is 5.02 Å². The molecule has 6 heteroatoms. The summed E-state index contributed by atoms with van der Waals surface area (Å²) >= 11 is 9.32. The van der Waals surface area contributed by atoms with Gasteiger partial charge < -0.3 is 15.2 Å². The first-order valence-electron chi connectivity index (χ1n) is 6.18. The van der Waals surface area contributed by atoms with Crippen molar-refractivity contribution in [2.45, 2.75) is 13.2 Å². The summed E-state index contributed by atoms with van der Waals surface area (Å²) in [5, 5.41) is 0.427. The van der Waals surface area contributed by atoms with Gasteiger partial charge in [0.2, 0.25) is 0 Å². The van der Waals surface area contributed by atoms with Crippen LogP contribution in [0, 0.1) is 5.82 Å². The number of methoxy groups -OCH3 is 1. The Labute approximate surface area is 135 Å². The molecule has 112 valence electrons. The number of rotatable bonds is 5. The summed E-state index contributed by atoms with van der Waals surface area (Å²) in [5.74, 6) is 0.641. The van der Waals surface area contributed by atoms with E-state index in [2.05, 4.69) is 15.9 Å². The van der Waals surface area contributed by atoms with E-state index >= 15 is 0 Å². The van der Waals surface area contributed by atoms with Crippen molar-refractivity contribution >= 4 is 27.5 Å². The van der Waals surface area contributed by atoms with Crippen molar-refractivity contribution in [1.29, 1.82) is 0 Å². The van der Waals surface area contributed by atoms with Gasteiger partial charge in [0.15, 0.2) is 11.5 Å². The number of halogens is 3. The van der Waals surface area contributed by atoms with Gasteiger partial charge in [-0.05, 0) is 51.3 Å². The highest BCUT2D eigenvalue weighted by atomic mass is 79.9. The molecule has 0 saturated carbocycles. The van der Waals surface area contributed by atoms with Crippen LogP contribution >= 0.6 is 27.5 Å². The van der Waals surface area contributed by atoms with E-state index in [-0.39, 0.29) is 12.4 Å². The Bertz CT molecular complexity index is 652. The lowest BCUT2D eigenvalue weighted by atomic mass is 10.2. The SMILES string of the molecule is COc1cc(CN)cc(Cl)c1OCc1ccc(F)c(Br)c1. The highest BCUT2D eigenvalue weighted by Gasteiger charge is 2.12. The monoisotopic (exact) mass is 373 g/mol. The van der Waals surface area contributed by atoms with Crippen molar-refractivity contribution in [3.05, 3.63) is 56.8 Å². The minimum Gasteiger partial charge on any atom is -0.493 e. The highest BCUT2D eigenvalue weighted by molar-refractivity contribution is 9.10. The van der Waals surface area contributed by atoms with Gasteiger partial charge in [-0.15, -0.1) is 0 Å². The predicted octanol–water partition coefficient (Wildman–Crippen LogP) is 4.29. The molecule has 2 rings (SSSR count). The third-order valence-corrected chi connectivity index (χ3v) is 3.78. The maximum Gasteiger partial charge on any atom is 0.180 e. The summed E-state index contributed by atoms with van der Waals surface area (Å²) in [6.45, 7) is 0.609. The third-order valence-electron chi connectivity index (χ3n) is 2.89. The first-order chi connectivity index (χ1) is 10.0. The van der Waals surface area contributed by atoms with Crippen molar-refractivity contribution in [1.82, 2.24) is 0 Å². The van der Waals surface area contributed by atoms with Crippen LogP contribution < -0.4 is 15.2 Å². The minimum absolute atomic E-state index is 0.247. The molecule has 0 unspecified atom stereocenters. The molecule has 3 nitrogen and oxygen atoms in total. The molecule has 21 heavy (non-hydrogen) atoms. The number of ether oxygens (including phenoxy) is 2. The maximum absolute atomic E-state index is 13.2. The van der Waals surface area contributed by atoms with E-state index in [1.165, 1.54) is 13.2 Å². The lowest BCUT2D eigenvalue weighted by molar-refractivity contribution is 0.284. The van der Waals surface area contributed by atoms with E-state index in [1.807, 2.05) is 0 Å². The van der Waals surface area contributed by atoms with Gasteiger partial charge in [0, 0.05) is 6.54 Å². The van der Waals surface area contributed by atoms with Gasteiger partial charge in [-0.3, -0.25) is 0 Å². The quantitative estimate of drug-likeness (QED) is 0.849. The normalized spacial score (nSPS) is 10.5. The summed E-state index contributed by atoms with van der Waals surface area (Å²) in [5.41, 5.74) is 7.26. The second-order valence-electron chi connectivity index (χ2n) is 4.35. The van der Waals surface area contributed by atoms with Crippen LogP contribution in [-0.2, 0) is 13.2 Å². The van der Waals surface area contributed by atoms with Gasteiger partial charge in [0.25, 0.3) is 0 Å². The zero-order valence-corrected chi connectivity index (χ0v) is 13.7. The van der Waals surface area contributed by atoms with E-state index in [4.69, 9.17) is 26.8 Å². The van der Waals surface area contributed by atoms with Crippen LogP contribution in [0.15, 0.2) is 34.8 Å². The van der Waals surface area contributed by atoms with Crippen LogP contribution in [-0.4, -0.2) is 7.11 Å². The summed E-state index contributed by atoms with van der Waals surface area (Å²) in [7, 11) is 1.54. The predicted molar refractivity (Wildman–Crippen MR) is 84.3 cm³/mol. The smallest absolute Gasteiger partial charge is 0.180 e. The Hall–Kier alpha value is -1.30. The molecule has 0 saturated heterocycles. The molecule has 2 N–H and O–H groups in total. The molecule has 0 aliphatic rings. The summed E-state index contributed by atoms with van der Waals surface area (Å²) in [6, 6.07) is 8.19. The van der Waals surface area contributed by atoms with E-state index in [0.717, 1.165) is 11.1 Å². The Morgan fingerprint density at radius 1 is 1.24 bits per heavy atom. The van der Waals surface area contributed by atoms with Crippen molar-refractivity contribution < 1.29 is 13.9 Å². The molecule has 0 spiro atoms. The Balaban J connectivity index is 2.21. The topological polar surface area (TPSA) is 44.5 Å². The average Bonchev–Trinajstić information content (AvgIpc) is 2.48. The fourth-order valence-electron chi connectivity index (χ4n) is 1.82. The van der Waals surface area contributed by atoms with E-state index in [1.54, 1.807) is 24.3 Å². The maximum atomic E-state index is 13.2. The first kappa shape index (κ1) is 16.1. The molecule has 0 fully saturated rings. The summed E-state index contributed by atoms with van der Waals surface area (Å²) < 4.78 is 24.5. The molecular formula is C15H14BrClFNO2. The lowest BCUT2D eigenvalue weighted by Gasteiger charge is -2.14. The molecule has 0 atom stereocenters. The Morgan fingerprint density at radius 2 is 2.00 bits per heavy atom. The zero-order chi connectivity index (χ0) is 15.4. The molecule has 0 bridgehead atoms. The molecular weight excluding hydrogens is 361 g/mol. The average molecular weight is 375 g/mol. The van der Waals surface area contributed by atoms with Crippen LogP contribution in [0.4, 0.5) is 4.39 Å². The van der Waals surface area contributed by atoms with Gasteiger partial charge in [-0.25, -0.2) is 4.39 Å².